The number of hydrogen-bond acceptors (Lipinski definition) is 6. The van der Waals surface area contributed by atoms with Gasteiger partial charge < -0.3 is 15.2 Å². The van der Waals surface area contributed by atoms with E-state index < -0.39 is 6.10 Å². The van der Waals surface area contributed by atoms with Crippen LogP contribution >= 0.6 is 27.7 Å². The Bertz CT molecular complexity index is 522. The number of nitrogens with zero attached hydrogens (tertiary/aromatic N) is 2. The smallest absolute Gasteiger partial charge is 0.245 e. The zero-order valence-electron chi connectivity index (χ0n) is 10.3. The van der Waals surface area contributed by atoms with Gasteiger partial charge in [0, 0.05) is 16.7 Å². The van der Waals surface area contributed by atoms with Gasteiger partial charge in [0.2, 0.25) is 5.88 Å². The van der Waals surface area contributed by atoms with Crippen molar-refractivity contribution in [1.29, 1.82) is 0 Å². The summed E-state index contributed by atoms with van der Waals surface area (Å²) >= 11 is 4.49. The van der Waals surface area contributed by atoms with Crippen LogP contribution < -0.4 is 10.1 Å². The lowest BCUT2D eigenvalue weighted by Crippen LogP contribution is -2.26. The van der Waals surface area contributed by atoms with E-state index in [1.807, 2.05) is 25.1 Å². The van der Waals surface area contributed by atoms with Crippen molar-refractivity contribution in [2.24, 2.45) is 0 Å². The van der Waals surface area contributed by atoms with E-state index in [0.29, 0.717) is 12.4 Å². The molecule has 0 aliphatic heterocycles. The van der Waals surface area contributed by atoms with Crippen LogP contribution in [0.15, 0.2) is 28.9 Å². The fourth-order valence-electron chi connectivity index (χ4n) is 1.51. The zero-order chi connectivity index (χ0) is 13.7. The summed E-state index contributed by atoms with van der Waals surface area (Å²) in [4.78, 5) is 0. The van der Waals surface area contributed by atoms with Crippen molar-refractivity contribution in [2.45, 2.75) is 13.0 Å². The molecule has 19 heavy (non-hydrogen) atoms. The summed E-state index contributed by atoms with van der Waals surface area (Å²) in [6.45, 7) is 2.62. The summed E-state index contributed by atoms with van der Waals surface area (Å²) in [7, 11) is 0. The van der Waals surface area contributed by atoms with Crippen LogP contribution in [-0.2, 0) is 0 Å². The molecule has 0 spiro atoms. The second-order valence-electron chi connectivity index (χ2n) is 4.05. The maximum absolute atomic E-state index is 9.81. The maximum atomic E-state index is 9.81. The van der Waals surface area contributed by atoms with Crippen LogP contribution in [0, 0.1) is 6.92 Å². The normalized spacial score (nSPS) is 12.2. The first-order valence-corrected chi connectivity index (χ1v) is 7.26. The van der Waals surface area contributed by atoms with E-state index >= 15 is 0 Å². The Morgan fingerprint density at radius 2 is 2.37 bits per heavy atom. The standard InChI is InChI=1S/C12H14BrN3O2S/c1-8-4-9(13)2-3-11(8)14-5-10(17)7-18-12-6-15-19-16-12/h2-4,6,10,14,17H,5,7H2,1H3. The quantitative estimate of drug-likeness (QED) is 0.843. The van der Waals surface area contributed by atoms with Crippen molar-refractivity contribution in [3.63, 3.8) is 0 Å². The van der Waals surface area contributed by atoms with Gasteiger partial charge in [-0.05, 0) is 30.7 Å². The minimum absolute atomic E-state index is 0.188. The summed E-state index contributed by atoms with van der Waals surface area (Å²) in [5.41, 5.74) is 2.11. The Kier molecular flexibility index (Phi) is 5.12. The highest BCUT2D eigenvalue weighted by Crippen LogP contribution is 2.19. The first kappa shape index (κ1) is 14.2. The minimum Gasteiger partial charge on any atom is -0.473 e. The van der Waals surface area contributed by atoms with Crippen molar-refractivity contribution in [3.05, 3.63) is 34.4 Å². The molecular formula is C12H14BrN3O2S. The molecule has 2 rings (SSSR count). The van der Waals surface area contributed by atoms with Gasteiger partial charge >= 0.3 is 0 Å². The fourth-order valence-corrected chi connectivity index (χ4v) is 2.35. The van der Waals surface area contributed by atoms with Gasteiger partial charge in [0.05, 0.1) is 11.7 Å². The van der Waals surface area contributed by atoms with Gasteiger partial charge in [-0.15, -0.1) is 4.37 Å². The zero-order valence-corrected chi connectivity index (χ0v) is 12.7. The molecule has 0 saturated heterocycles. The van der Waals surface area contributed by atoms with E-state index in [0.717, 1.165) is 27.5 Å². The molecule has 0 aliphatic rings. The predicted octanol–water partition coefficient (Wildman–Crippen LogP) is 2.46. The average molecular weight is 344 g/mol. The van der Waals surface area contributed by atoms with E-state index in [1.165, 1.54) is 6.20 Å². The largest absolute Gasteiger partial charge is 0.473 e. The molecule has 0 saturated carbocycles. The summed E-state index contributed by atoms with van der Waals surface area (Å²) in [5.74, 6) is 0.448. The highest BCUT2D eigenvalue weighted by Gasteiger charge is 2.07. The van der Waals surface area contributed by atoms with Gasteiger partial charge in [0.1, 0.15) is 18.9 Å². The second kappa shape index (κ2) is 6.83. The molecule has 0 bridgehead atoms. The number of halogens is 1. The van der Waals surface area contributed by atoms with Crippen LogP contribution in [0.25, 0.3) is 0 Å². The monoisotopic (exact) mass is 343 g/mol. The van der Waals surface area contributed by atoms with Crippen LogP contribution in [0.5, 0.6) is 5.88 Å². The number of aromatic nitrogens is 2. The third kappa shape index (κ3) is 4.45. The molecule has 7 heteroatoms. The summed E-state index contributed by atoms with van der Waals surface area (Å²) in [6.07, 6.45) is 0.925. The fraction of sp³-hybridized carbons (Fsp3) is 0.333. The number of anilines is 1. The van der Waals surface area contributed by atoms with Crippen molar-refractivity contribution in [3.8, 4) is 5.88 Å². The Morgan fingerprint density at radius 3 is 3.05 bits per heavy atom. The molecule has 1 unspecified atom stereocenters. The Labute approximate surface area is 124 Å². The van der Waals surface area contributed by atoms with Gasteiger partial charge in [-0.1, -0.05) is 15.9 Å². The van der Waals surface area contributed by atoms with Crippen LogP contribution in [0.1, 0.15) is 5.56 Å². The lowest BCUT2D eigenvalue weighted by Gasteiger charge is -2.14. The molecule has 1 aromatic carbocycles. The van der Waals surface area contributed by atoms with E-state index in [-0.39, 0.29) is 6.61 Å². The van der Waals surface area contributed by atoms with E-state index in [2.05, 4.69) is 30.0 Å². The molecule has 2 N–H and O–H groups in total. The number of hydrogen-bond donors (Lipinski definition) is 2. The molecule has 0 aliphatic carbocycles. The number of aliphatic hydroxyl groups is 1. The van der Waals surface area contributed by atoms with E-state index in [1.54, 1.807) is 0 Å². The lowest BCUT2D eigenvalue weighted by atomic mass is 10.2. The third-order valence-corrected chi connectivity index (χ3v) is 3.44. The maximum Gasteiger partial charge on any atom is 0.245 e. The van der Waals surface area contributed by atoms with Gasteiger partial charge in [-0.2, -0.15) is 4.37 Å². The van der Waals surface area contributed by atoms with E-state index in [9.17, 15) is 5.11 Å². The summed E-state index contributed by atoms with van der Waals surface area (Å²) < 4.78 is 14.0. The third-order valence-electron chi connectivity index (χ3n) is 2.48. The molecule has 102 valence electrons. The number of benzene rings is 1. The first-order valence-electron chi connectivity index (χ1n) is 5.73. The van der Waals surface area contributed by atoms with E-state index in [4.69, 9.17) is 4.74 Å². The van der Waals surface area contributed by atoms with Gasteiger partial charge in [-0.25, -0.2) is 0 Å². The van der Waals surface area contributed by atoms with Gasteiger partial charge in [0.15, 0.2) is 0 Å². The highest BCUT2D eigenvalue weighted by atomic mass is 79.9. The molecule has 0 fully saturated rings. The molecule has 5 nitrogen and oxygen atoms in total. The lowest BCUT2D eigenvalue weighted by molar-refractivity contribution is 0.115. The number of nitrogens with one attached hydrogen (secondary N) is 1. The van der Waals surface area contributed by atoms with Crippen molar-refractivity contribution in [1.82, 2.24) is 8.75 Å². The van der Waals surface area contributed by atoms with Gasteiger partial charge in [0.25, 0.3) is 0 Å². The van der Waals surface area contributed by atoms with Crippen LogP contribution in [0.2, 0.25) is 0 Å². The number of rotatable bonds is 6. The van der Waals surface area contributed by atoms with Gasteiger partial charge in [-0.3, -0.25) is 0 Å². The molecule has 2 aromatic rings. The molecule has 1 atom stereocenters. The summed E-state index contributed by atoms with van der Waals surface area (Å²) in [5, 5.41) is 13.0. The number of aliphatic hydroxyl groups excluding tert-OH is 1. The first-order chi connectivity index (χ1) is 9.15. The van der Waals surface area contributed by atoms with Crippen LogP contribution in [0.4, 0.5) is 5.69 Å². The minimum atomic E-state index is -0.607. The second-order valence-corrected chi connectivity index (χ2v) is 5.52. The number of aryl methyl sites for hydroxylation is 1. The highest BCUT2D eigenvalue weighted by molar-refractivity contribution is 9.10. The molecule has 0 radical (unpaired) electrons. The molecule has 0 amide bonds. The van der Waals surface area contributed by atoms with Crippen molar-refractivity contribution in [2.75, 3.05) is 18.5 Å². The number of ether oxygens (including phenoxy) is 1. The van der Waals surface area contributed by atoms with Crippen LogP contribution in [-0.4, -0.2) is 33.1 Å². The molecule has 1 aromatic heterocycles. The van der Waals surface area contributed by atoms with Crippen molar-refractivity contribution >= 4 is 33.3 Å². The molecule has 1 heterocycles. The van der Waals surface area contributed by atoms with Crippen molar-refractivity contribution < 1.29 is 9.84 Å². The topological polar surface area (TPSA) is 67.3 Å². The Morgan fingerprint density at radius 1 is 1.53 bits per heavy atom. The Hall–Kier alpha value is -1.18. The predicted molar refractivity (Wildman–Crippen MR) is 78.8 cm³/mol. The SMILES string of the molecule is Cc1cc(Br)ccc1NCC(O)COc1cnsn1. The average Bonchev–Trinajstić information content (AvgIpc) is 2.88. The molecular weight excluding hydrogens is 330 g/mol. The van der Waals surface area contributed by atoms with Crippen LogP contribution in [0.3, 0.4) is 0 Å². The summed E-state index contributed by atoms with van der Waals surface area (Å²) in [6, 6.07) is 5.95. The Balaban J connectivity index is 1.78.